The van der Waals surface area contributed by atoms with Crippen LogP contribution in [-0.2, 0) is 6.42 Å². The second-order valence-corrected chi connectivity index (χ2v) is 8.39. The smallest absolute Gasteiger partial charge is 0.279 e. The van der Waals surface area contributed by atoms with Gasteiger partial charge in [-0.05, 0) is 48.6 Å². The first-order valence-corrected chi connectivity index (χ1v) is 10.5. The van der Waals surface area contributed by atoms with E-state index in [-0.39, 0.29) is 24.1 Å². The number of aromatic nitrogens is 1. The molecule has 2 aliphatic rings. The summed E-state index contributed by atoms with van der Waals surface area (Å²) in [6, 6.07) is 16.2. The van der Waals surface area contributed by atoms with Gasteiger partial charge in [0.05, 0.1) is 6.20 Å². The van der Waals surface area contributed by atoms with E-state index in [1.54, 1.807) is 0 Å². The molecule has 1 amide bonds. The molecule has 3 N–H and O–H groups in total. The second-order valence-electron chi connectivity index (χ2n) is 7.40. The molecule has 2 aromatic carbocycles. The molecule has 1 saturated carbocycles. The third kappa shape index (κ3) is 3.97. The van der Waals surface area contributed by atoms with Gasteiger partial charge >= 0.3 is 0 Å². The number of benzene rings is 2. The Labute approximate surface area is 172 Å². The number of rotatable bonds is 5. The van der Waals surface area contributed by atoms with Gasteiger partial charge in [0, 0.05) is 12.1 Å². The summed E-state index contributed by atoms with van der Waals surface area (Å²) in [4.78, 5) is 16.9. The Bertz CT molecular complexity index is 1040. The molecular weight excluding hydrogens is 386 g/mol. The van der Waals surface area contributed by atoms with Crippen LogP contribution in [0.5, 0.6) is 16.7 Å². The average molecular weight is 407 g/mol. The Morgan fingerprint density at radius 2 is 2.07 bits per heavy atom. The molecule has 1 unspecified atom stereocenters. The van der Waals surface area contributed by atoms with Crippen LogP contribution in [0.2, 0.25) is 0 Å². The molecule has 0 radical (unpaired) electrons. The summed E-state index contributed by atoms with van der Waals surface area (Å²) < 4.78 is 12.1. The number of thiazole rings is 1. The lowest BCUT2D eigenvalue weighted by Gasteiger charge is -2.26. The highest BCUT2D eigenvalue weighted by atomic mass is 32.1. The van der Waals surface area contributed by atoms with E-state index in [0.29, 0.717) is 15.8 Å². The highest BCUT2D eigenvalue weighted by Gasteiger charge is 2.35. The second kappa shape index (κ2) is 7.50. The number of ether oxygens (including phenoxy) is 2. The first kappa shape index (κ1) is 18.1. The summed E-state index contributed by atoms with van der Waals surface area (Å²) in [5.74, 6) is 1.43. The zero-order valence-corrected chi connectivity index (χ0v) is 16.5. The van der Waals surface area contributed by atoms with Gasteiger partial charge in [0.1, 0.15) is 22.5 Å². The lowest BCUT2D eigenvalue weighted by atomic mass is 9.97. The number of nitrogens with zero attached hydrogens (tertiary/aromatic N) is 1. The van der Waals surface area contributed by atoms with E-state index in [4.69, 9.17) is 15.2 Å². The number of carbonyl (C=O) groups excluding carboxylic acids is 1. The van der Waals surface area contributed by atoms with Gasteiger partial charge in [0.25, 0.3) is 11.1 Å². The van der Waals surface area contributed by atoms with Gasteiger partial charge in [0.2, 0.25) is 0 Å². The number of nitrogens with two attached hydrogens (primary N) is 1. The van der Waals surface area contributed by atoms with Gasteiger partial charge in [-0.15, -0.1) is 0 Å². The molecule has 2 heterocycles. The number of hydrogen-bond acceptors (Lipinski definition) is 6. The Morgan fingerprint density at radius 3 is 2.86 bits per heavy atom. The lowest BCUT2D eigenvalue weighted by Crippen LogP contribution is -2.28. The van der Waals surface area contributed by atoms with Crippen molar-refractivity contribution >= 4 is 17.2 Å². The number of carbonyl (C=O) groups is 1. The molecule has 1 fully saturated rings. The fourth-order valence-electron chi connectivity index (χ4n) is 3.46. The standard InChI is InChI=1S/C22H21N3O3S/c23-16-11-17(16)25-21(26)20-12-24-22(29-20)27-15-7-9-19-14(10-15)6-8-18(28-19)13-4-2-1-3-5-13/h1-5,7,9-10,12,16-18H,6,8,11,23H2,(H,25,26)/t16-,17?,18-/m0/s1. The third-order valence-electron chi connectivity index (χ3n) is 5.22. The molecule has 6 nitrogen and oxygen atoms in total. The van der Waals surface area contributed by atoms with Crippen molar-refractivity contribution in [1.29, 1.82) is 0 Å². The van der Waals surface area contributed by atoms with Crippen LogP contribution in [-0.4, -0.2) is 23.0 Å². The summed E-state index contributed by atoms with van der Waals surface area (Å²) in [5.41, 5.74) is 8.05. The molecule has 0 saturated heterocycles. The number of fused-ring (bicyclic) bond motifs is 1. The maximum absolute atomic E-state index is 12.2. The number of amides is 1. The van der Waals surface area contributed by atoms with Crippen LogP contribution in [0.15, 0.2) is 54.7 Å². The largest absolute Gasteiger partial charge is 0.485 e. The van der Waals surface area contributed by atoms with Gasteiger partial charge in [-0.2, -0.15) is 0 Å². The Hall–Kier alpha value is -2.90. The van der Waals surface area contributed by atoms with Crippen LogP contribution in [0.3, 0.4) is 0 Å². The fraction of sp³-hybridized carbons (Fsp3) is 0.273. The maximum atomic E-state index is 12.2. The van der Waals surface area contributed by atoms with Gasteiger partial charge < -0.3 is 20.5 Å². The Balaban J connectivity index is 1.25. The molecule has 1 aromatic heterocycles. The predicted molar refractivity (Wildman–Crippen MR) is 111 cm³/mol. The third-order valence-corrected chi connectivity index (χ3v) is 6.09. The van der Waals surface area contributed by atoms with Crippen molar-refractivity contribution < 1.29 is 14.3 Å². The molecule has 148 valence electrons. The van der Waals surface area contributed by atoms with Crippen LogP contribution < -0.4 is 20.5 Å². The van der Waals surface area contributed by atoms with Crippen molar-refractivity contribution in [1.82, 2.24) is 10.3 Å². The van der Waals surface area contributed by atoms with Crippen molar-refractivity contribution in [2.45, 2.75) is 37.5 Å². The van der Waals surface area contributed by atoms with Gasteiger partial charge in [-0.1, -0.05) is 41.7 Å². The van der Waals surface area contributed by atoms with Crippen LogP contribution in [0.4, 0.5) is 0 Å². The predicted octanol–water partition coefficient (Wildman–Crippen LogP) is 3.83. The minimum Gasteiger partial charge on any atom is -0.485 e. The number of hydrogen-bond donors (Lipinski definition) is 2. The van der Waals surface area contributed by atoms with Crippen LogP contribution in [0.1, 0.15) is 39.7 Å². The Morgan fingerprint density at radius 1 is 1.24 bits per heavy atom. The minimum absolute atomic E-state index is 0.0711. The molecule has 1 aliphatic heterocycles. The van der Waals surface area contributed by atoms with Crippen LogP contribution in [0.25, 0.3) is 0 Å². The molecule has 3 atom stereocenters. The zero-order valence-electron chi connectivity index (χ0n) is 15.7. The minimum atomic E-state index is -0.152. The first-order chi connectivity index (χ1) is 14.2. The fourth-order valence-corrected chi connectivity index (χ4v) is 4.15. The van der Waals surface area contributed by atoms with Gasteiger partial charge in [-0.3, -0.25) is 4.79 Å². The molecule has 29 heavy (non-hydrogen) atoms. The molecule has 1 aliphatic carbocycles. The average Bonchev–Trinajstić information content (AvgIpc) is 3.24. The summed E-state index contributed by atoms with van der Waals surface area (Å²) in [7, 11) is 0. The molecule has 0 spiro atoms. The zero-order chi connectivity index (χ0) is 19.8. The van der Waals surface area contributed by atoms with Gasteiger partial charge in [0.15, 0.2) is 0 Å². The lowest BCUT2D eigenvalue weighted by molar-refractivity contribution is 0.0954. The first-order valence-electron chi connectivity index (χ1n) is 9.70. The van der Waals surface area contributed by atoms with Crippen molar-refractivity contribution in [2.75, 3.05) is 0 Å². The van der Waals surface area contributed by atoms with Crippen LogP contribution in [0, 0.1) is 0 Å². The molecular formula is C22H21N3O3S. The van der Waals surface area contributed by atoms with E-state index in [1.165, 1.54) is 23.1 Å². The number of aryl methyl sites for hydroxylation is 1. The Kier molecular flexibility index (Phi) is 4.69. The van der Waals surface area contributed by atoms with E-state index in [9.17, 15) is 4.79 Å². The molecule has 0 bridgehead atoms. The van der Waals surface area contributed by atoms with Crippen LogP contribution >= 0.6 is 11.3 Å². The quantitative estimate of drug-likeness (QED) is 0.671. The van der Waals surface area contributed by atoms with E-state index in [2.05, 4.69) is 22.4 Å². The van der Waals surface area contributed by atoms with Crippen molar-refractivity contribution in [2.24, 2.45) is 5.73 Å². The topological polar surface area (TPSA) is 86.5 Å². The highest BCUT2D eigenvalue weighted by Crippen LogP contribution is 2.38. The normalized spacial score (nSPS) is 22.3. The monoisotopic (exact) mass is 407 g/mol. The van der Waals surface area contributed by atoms with E-state index >= 15 is 0 Å². The van der Waals surface area contributed by atoms with E-state index in [0.717, 1.165) is 30.6 Å². The summed E-state index contributed by atoms with van der Waals surface area (Å²) in [6.07, 6.45) is 4.28. The van der Waals surface area contributed by atoms with Crippen molar-refractivity contribution in [3.63, 3.8) is 0 Å². The van der Waals surface area contributed by atoms with Crippen molar-refractivity contribution in [3.8, 4) is 16.7 Å². The SMILES string of the molecule is N[C@H]1CC1NC(=O)c1cnc(Oc2ccc3c(c2)CC[C@@H](c2ccccc2)O3)s1. The summed E-state index contributed by atoms with van der Waals surface area (Å²) in [6.45, 7) is 0. The summed E-state index contributed by atoms with van der Waals surface area (Å²) in [5, 5.41) is 3.33. The molecule has 7 heteroatoms. The van der Waals surface area contributed by atoms with Crippen molar-refractivity contribution in [3.05, 3.63) is 70.7 Å². The molecule has 5 rings (SSSR count). The highest BCUT2D eigenvalue weighted by molar-refractivity contribution is 7.15. The summed E-state index contributed by atoms with van der Waals surface area (Å²) >= 11 is 1.22. The number of nitrogens with one attached hydrogen (secondary N) is 1. The van der Waals surface area contributed by atoms with Gasteiger partial charge in [-0.25, -0.2) is 4.98 Å². The molecule has 3 aromatic rings. The van der Waals surface area contributed by atoms with E-state index < -0.39 is 0 Å². The maximum Gasteiger partial charge on any atom is 0.279 e. The van der Waals surface area contributed by atoms with E-state index in [1.807, 2.05) is 36.4 Å².